The van der Waals surface area contributed by atoms with Crippen molar-refractivity contribution in [2.45, 2.75) is 0 Å². The minimum atomic E-state index is -1.02. The van der Waals surface area contributed by atoms with Crippen molar-refractivity contribution in [2.24, 2.45) is 0 Å². The van der Waals surface area contributed by atoms with Crippen LogP contribution in [0.5, 0.6) is 5.75 Å². The molecule has 0 fully saturated rings. The van der Waals surface area contributed by atoms with Crippen LogP contribution in [0, 0.1) is 0 Å². The number of carbonyl (C=O) groups excluding carboxylic acids is 1. The lowest BCUT2D eigenvalue weighted by Gasteiger charge is -2.01. The predicted octanol–water partition coefficient (Wildman–Crippen LogP) is 3.77. The summed E-state index contributed by atoms with van der Waals surface area (Å²) in [7, 11) is 1.54. The summed E-state index contributed by atoms with van der Waals surface area (Å²) >= 11 is 0. The minimum absolute atomic E-state index is 0.220. The van der Waals surface area contributed by atoms with Crippen molar-refractivity contribution in [1.82, 2.24) is 0 Å². The van der Waals surface area contributed by atoms with Crippen LogP contribution in [0.25, 0.3) is 17.0 Å². The van der Waals surface area contributed by atoms with Gasteiger partial charge >= 0.3 is 5.97 Å². The number of fused-ring (bicyclic) bond motifs is 1. The quantitative estimate of drug-likeness (QED) is 0.571. The van der Waals surface area contributed by atoms with E-state index in [4.69, 9.17) is 14.3 Å². The summed E-state index contributed by atoms with van der Waals surface area (Å²) in [6, 6.07) is 13.7. The molecule has 2 aromatic carbocycles. The molecule has 24 heavy (non-hydrogen) atoms. The SMILES string of the molecule is COc1cccc(C(=O)c2cc3cc(/C=C/C(=O)O)ccc3o2)c1. The molecule has 3 aromatic rings. The number of ketones is 1. The number of furan rings is 1. The molecule has 0 amide bonds. The molecule has 1 heterocycles. The van der Waals surface area contributed by atoms with Crippen molar-refractivity contribution in [2.75, 3.05) is 7.11 Å². The molecule has 0 aliphatic rings. The molecule has 0 spiro atoms. The van der Waals surface area contributed by atoms with Gasteiger partial charge in [-0.1, -0.05) is 18.2 Å². The van der Waals surface area contributed by atoms with Crippen LogP contribution < -0.4 is 4.74 Å². The van der Waals surface area contributed by atoms with E-state index in [0.29, 0.717) is 22.5 Å². The highest BCUT2D eigenvalue weighted by Crippen LogP contribution is 2.24. The average Bonchev–Trinajstić information content (AvgIpc) is 3.02. The van der Waals surface area contributed by atoms with E-state index in [-0.39, 0.29) is 11.5 Å². The molecule has 0 saturated carbocycles. The third-order valence-corrected chi connectivity index (χ3v) is 3.51. The lowest BCUT2D eigenvalue weighted by atomic mass is 10.1. The fraction of sp³-hybridized carbons (Fsp3) is 0.0526. The van der Waals surface area contributed by atoms with Crippen molar-refractivity contribution < 1.29 is 23.8 Å². The Balaban J connectivity index is 1.95. The van der Waals surface area contributed by atoms with E-state index in [1.165, 1.54) is 13.2 Å². The van der Waals surface area contributed by atoms with E-state index in [1.807, 2.05) is 0 Å². The number of carboxylic acid groups (broad SMARTS) is 1. The van der Waals surface area contributed by atoms with Gasteiger partial charge in [-0.25, -0.2) is 4.79 Å². The summed E-state index contributed by atoms with van der Waals surface area (Å²) < 4.78 is 10.7. The van der Waals surface area contributed by atoms with Gasteiger partial charge in [0.15, 0.2) is 5.76 Å². The summed E-state index contributed by atoms with van der Waals surface area (Å²) in [5.41, 5.74) is 1.75. The predicted molar refractivity (Wildman–Crippen MR) is 89.3 cm³/mol. The molecule has 120 valence electrons. The number of carboxylic acids is 1. The fourth-order valence-corrected chi connectivity index (χ4v) is 2.35. The van der Waals surface area contributed by atoms with Gasteiger partial charge in [0.2, 0.25) is 5.78 Å². The Morgan fingerprint density at radius 1 is 1.12 bits per heavy atom. The zero-order valence-electron chi connectivity index (χ0n) is 12.9. The summed E-state index contributed by atoms with van der Waals surface area (Å²) in [5.74, 6) is -0.445. The van der Waals surface area contributed by atoms with Gasteiger partial charge in [0, 0.05) is 17.0 Å². The van der Waals surface area contributed by atoms with E-state index < -0.39 is 5.97 Å². The van der Waals surface area contributed by atoms with E-state index in [9.17, 15) is 9.59 Å². The molecule has 5 nitrogen and oxygen atoms in total. The number of rotatable bonds is 5. The second-order valence-electron chi connectivity index (χ2n) is 5.14. The van der Waals surface area contributed by atoms with Crippen LogP contribution >= 0.6 is 0 Å². The van der Waals surface area contributed by atoms with Crippen LogP contribution in [0.15, 0.2) is 59.0 Å². The van der Waals surface area contributed by atoms with E-state index in [1.54, 1.807) is 48.5 Å². The van der Waals surface area contributed by atoms with Crippen molar-refractivity contribution in [3.8, 4) is 5.75 Å². The topological polar surface area (TPSA) is 76.7 Å². The Morgan fingerprint density at radius 3 is 2.71 bits per heavy atom. The number of methoxy groups -OCH3 is 1. The largest absolute Gasteiger partial charge is 0.497 e. The van der Waals surface area contributed by atoms with Crippen molar-refractivity contribution in [3.63, 3.8) is 0 Å². The number of hydrogen-bond acceptors (Lipinski definition) is 4. The maximum absolute atomic E-state index is 12.5. The first kappa shape index (κ1) is 15.6. The molecule has 5 heteroatoms. The van der Waals surface area contributed by atoms with E-state index in [0.717, 1.165) is 11.5 Å². The van der Waals surface area contributed by atoms with Gasteiger partial charge in [0.05, 0.1) is 7.11 Å². The van der Waals surface area contributed by atoms with E-state index >= 15 is 0 Å². The number of ether oxygens (including phenoxy) is 1. The molecule has 1 aromatic heterocycles. The summed E-state index contributed by atoms with van der Waals surface area (Å²) in [6.45, 7) is 0. The third-order valence-electron chi connectivity index (χ3n) is 3.51. The molecular weight excluding hydrogens is 308 g/mol. The maximum atomic E-state index is 12.5. The van der Waals surface area contributed by atoms with Crippen molar-refractivity contribution in [1.29, 1.82) is 0 Å². The molecule has 1 N–H and O–H groups in total. The first-order chi connectivity index (χ1) is 11.6. The van der Waals surface area contributed by atoms with Crippen LogP contribution in [-0.2, 0) is 4.79 Å². The number of benzene rings is 2. The zero-order chi connectivity index (χ0) is 17.1. The minimum Gasteiger partial charge on any atom is -0.497 e. The molecule has 0 bridgehead atoms. The Labute approximate surface area is 137 Å². The van der Waals surface area contributed by atoms with Gasteiger partial charge in [-0.15, -0.1) is 0 Å². The average molecular weight is 322 g/mol. The first-order valence-electron chi connectivity index (χ1n) is 7.20. The lowest BCUT2D eigenvalue weighted by Crippen LogP contribution is -1.99. The molecule has 0 saturated heterocycles. The Bertz CT molecular complexity index is 949. The van der Waals surface area contributed by atoms with Crippen LogP contribution in [0.4, 0.5) is 0 Å². The van der Waals surface area contributed by atoms with Gasteiger partial charge in [0.1, 0.15) is 11.3 Å². The zero-order valence-corrected chi connectivity index (χ0v) is 12.9. The highest BCUT2D eigenvalue weighted by atomic mass is 16.5. The molecule has 3 rings (SSSR count). The number of aliphatic carboxylic acids is 1. The second-order valence-corrected chi connectivity index (χ2v) is 5.14. The second kappa shape index (κ2) is 6.42. The van der Waals surface area contributed by atoms with E-state index in [2.05, 4.69) is 0 Å². The molecule has 0 radical (unpaired) electrons. The van der Waals surface area contributed by atoms with Crippen LogP contribution in [0.2, 0.25) is 0 Å². The summed E-state index contributed by atoms with van der Waals surface area (Å²) in [4.78, 5) is 23.1. The lowest BCUT2D eigenvalue weighted by molar-refractivity contribution is -0.131. The number of carbonyl (C=O) groups is 2. The van der Waals surface area contributed by atoms with Crippen LogP contribution in [0.3, 0.4) is 0 Å². The smallest absolute Gasteiger partial charge is 0.328 e. The normalized spacial score (nSPS) is 11.0. The highest BCUT2D eigenvalue weighted by molar-refractivity contribution is 6.09. The van der Waals surface area contributed by atoms with Gasteiger partial charge in [-0.2, -0.15) is 0 Å². The number of hydrogen-bond donors (Lipinski definition) is 1. The van der Waals surface area contributed by atoms with Crippen LogP contribution in [-0.4, -0.2) is 24.0 Å². The Kier molecular flexibility index (Phi) is 4.16. The molecule has 0 aliphatic carbocycles. The first-order valence-corrected chi connectivity index (χ1v) is 7.20. The van der Waals surface area contributed by atoms with Gasteiger partial charge in [-0.05, 0) is 42.0 Å². The Hall–Kier alpha value is -3.34. The standard InChI is InChI=1S/C19H14O5/c1-23-15-4-2-3-13(10-15)19(22)17-11-14-9-12(6-8-18(20)21)5-7-16(14)24-17/h2-11H,1H3,(H,20,21)/b8-6+. The maximum Gasteiger partial charge on any atom is 0.328 e. The molecular formula is C19H14O5. The fourth-order valence-electron chi connectivity index (χ4n) is 2.35. The highest BCUT2D eigenvalue weighted by Gasteiger charge is 2.15. The van der Waals surface area contributed by atoms with Crippen molar-refractivity contribution >= 4 is 28.8 Å². The summed E-state index contributed by atoms with van der Waals surface area (Å²) in [5, 5.41) is 9.40. The van der Waals surface area contributed by atoms with Gasteiger partial charge in [0.25, 0.3) is 0 Å². The third kappa shape index (κ3) is 3.20. The monoisotopic (exact) mass is 322 g/mol. The van der Waals surface area contributed by atoms with Crippen molar-refractivity contribution in [3.05, 3.63) is 71.5 Å². The molecule has 0 unspecified atom stereocenters. The summed E-state index contributed by atoms with van der Waals surface area (Å²) in [6.07, 6.45) is 2.54. The van der Waals surface area contributed by atoms with Crippen LogP contribution in [0.1, 0.15) is 21.7 Å². The molecule has 0 aliphatic heterocycles. The molecule has 0 atom stereocenters. The Morgan fingerprint density at radius 2 is 1.96 bits per heavy atom. The van der Waals surface area contributed by atoms with Gasteiger partial charge in [-0.3, -0.25) is 4.79 Å². The van der Waals surface area contributed by atoms with Gasteiger partial charge < -0.3 is 14.3 Å².